The molecular weight excluding hydrogens is 236 g/mol. The van der Waals surface area contributed by atoms with Crippen LogP contribution in [-0.2, 0) is 4.79 Å². The van der Waals surface area contributed by atoms with E-state index in [-0.39, 0.29) is 11.6 Å². The van der Waals surface area contributed by atoms with Crippen molar-refractivity contribution in [3.8, 4) is 0 Å². The molecule has 2 N–H and O–H groups in total. The summed E-state index contributed by atoms with van der Waals surface area (Å²) in [7, 11) is 0. The van der Waals surface area contributed by atoms with E-state index in [9.17, 15) is 14.9 Å². The number of amides is 1. The van der Waals surface area contributed by atoms with E-state index in [0.717, 1.165) is 19.0 Å². The SMILES string of the molecule is CC(Nc1ccc([N+](=O)[O-])cn1)C(=O)NC1CC1. The number of nitrogens with zero attached hydrogens (tertiary/aromatic N) is 2. The van der Waals surface area contributed by atoms with Gasteiger partial charge in [0.1, 0.15) is 18.1 Å². The third-order valence-electron chi connectivity index (χ3n) is 2.64. The molecule has 0 aliphatic heterocycles. The lowest BCUT2D eigenvalue weighted by atomic mass is 10.3. The van der Waals surface area contributed by atoms with Crippen LogP contribution in [0, 0.1) is 10.1 Å². The lowest BCUT2D eigenvalue weighted by molar-refractivity contribution is -0.385. The van der Waals surface area contributed by atoms with E-state index in [2.05, 4.69) is 15.6 Å². The molecule has 1 saturated carbocycles. The van der Waals surface area contributed by atoms with Gasteiger partial charge in [-0.05, 0) is 25.8 Å². The van der Waals surface area contributed by atoms with Gasteiger partial charge in [-0.3, -0.25) is 14.9 Å². The van der Waals surface area contributed by atoms with Gasteiger partial charge in [-0.2, -0.15) is 0 Å². The minimum atomic E-state index is -0.514. The van der Waals surface area contributed by atoms with Crippen LogP contribution in [0.4, 0.5) is 11.5 Å². The van der Waals surface area contributed by atoms with Crippen molar-refractivity contribution in [2.75, 3.05) is 5.32 Å². The highest BCUT2D eigenvalue weighted by molar-refractivity contribution is 5.84. The van der Waals surface area contributed by atoms with Crippen molar-refractivity contribution >= 4 is 17.4 Å². The second-order valence-electron chi connectivity index (χ2n) is 4.31. The molecule has 1 heterocycles. The molecule has 0 bridgehead atoms. The van der Waals surface area contributed by atoms with Crippen molar-refractivity contribution in [1.29, 1.82) is 0 Å². The van der Waals surface area contributed by atoms with Gasteiger partial charge < -0.3 is 10.6 Å². The Bertz CT molecular complexity index is 456. The molecule has 0 saturated heterocycles. The lowest BCUT2D eigenvalue weighted by Gasteiger charge is -2.13. The van der Waals surface area contributed by atoms with Crippen LogP contribution in [0.15, 0.2) is 18.3 Å². The van der Waals surface area contributed by atoms with Crippen molar-refractivity contribution in [2.45, 2.75) is 31.8 Å². The summed E-state index contributed by atoms with van der Waals surface area (Å²) in [6.45, 7) is 1.72. The number of carbonyl (C=O) groups is 1. The van der Waals surface area contributed by atoms with Crippen LogP contribution in [0.1, 0.15) is 19.8 Å². The molecule has 1 unspecified atom stereocenters. The Morgan fingerprint density at radius 2 is 2.28 bits per heavy atom. The zero-order chi connectivity index (χ0) is 13.1. The van der Waals surface area contributed by atoms with Crippen molar-refractivity contribution in [1.82, 2.24) is 10.3 Å². The maximum Gasteiger partial charge on any atom is 0.287 e. The van der Waals surface area contributed by atoms with Gasteiger partial charge in [0.25, 0.3) is 5.69 Å². The number of carbonyl (C=O) groups excluding carboxylic acids is 1. The van der Waals surface area contributed by atoms with E-state index in [4.69, 9.17) is 0 Å². The third kappa shape index (κ3) is 3.16. The molecule has 7 heteroatoms. The van der Waals surface area contributed by atoms with Gasteiger partial charge >= 0.3 is 0 Å². The molecule has 96 valence electrons. The fourth-order valence-electron chi connectivity index (χ4n) is 1.42. The normalized spacial score (nSPS) is 15.8. The van der Waals surface area contributed by atoms with Gasteiger partial charge in [-0.25, -0.2) is 4.98 Å². The third-order valence-corrected chi connectivity index (χ3v) is 2.64. The minimum Gasteiger partial charge on any atom is -0.359 e. The van der Waals surface area contributed by atoms with Crippen LogP contribution in [0.5, 0.6) is 0 Å². The first kappa shape index (κ1) is 12.3. The number of nitrogens with one attached hydrogen (secondary N) is 2. The van der Waals surface area contributed by atoms with Crippen molar-refractivity contribution in [3.05, 3.63) is 28.4 Å². The first-order valence-corrected chi connectivity index (χ1v) is 5.73. The second kappa shape index (κ2) is 4.99. The molecule has 1 aliphatic carbocycles. The van der Waals surface area contributed by atoms with Gasteiger partial charge in [-0.15, -0.1) is 0 Å². The predicted octanol–water partition coefficient (Wildman–Crippen LogP) is 1.07. The summed E-state index contributed by atoms with van der Waals surface area (Å²) in [6, 6.07) is 2.73. The van der Waals surface area contributed by atoms with Gasteiger partial charge in [0.05, 0.1) is 4.92 Å². The highest BCUT2D eigenvalue weighted by Gasteiger charge is 2.25. The Balaban J connectivity index is 1.91. The van der Waals surface area contributed by atoms with Gasteiger partial charge in [0, 0.05) is 12.1 Å². The molecule has 0 radical (unpaired) electrons. The molecule has 1 atom stereocenters. The molecule has 1 amide bonds. The number of nitro groups is 1. The zero-order valence-corrected chi connectivity index (χ0v) is 9.92. The fraction of sp³-hybridized carbons (Fsp3) is 0.455. The average molecular weight is 250 g/mol. The molecule has 1 aliphatic rings. The largest absolute Gasteiger partial charge is 0.359 e. The highest BCUT2D eigenvalue weighted by atomic mass is 16.6. The van der Waals surface area contributed by atoms with E-state index in [0.29, 0.717) is 11.9 Å². The van der Waals surface area contributed by atoms with E-state index >= 15 is 0 Å². The maximum absolute atomic E-state index is 11.7. The van der Waals surface area contributed by atoms with E-state index in [1.165, 1.54) is 12.1 Å². The van der Waals surface area contributed by atoms with Crippen LogP contribution in [0.25, 0.3) is 0 Å². The summed E-state index contributed by atoms with van der Waals surface area (Å²) < 4.78 is 0. The van der Waals surface area contributed by atoms with Crippen molar-refractivity contribution in [3.63, 3.8) is 0 Å². The number of rotatable bonds is 5. The molecule has 0 aromatic carbocycles. The summed E-state index contributed by atoms with van der Waals surface area (Å²) >= 11 is 0. The predicted molar refractivity (Wildman–Crippen MR) is 65.1 cm³/mol. The molecule has 1 fully saturated rings. The van der Waals surface area contributed by atoms with Crippen LogP contribution in [0.3, 0.4) is 0 Å². The van der Waals surface area contributed by atoms with E-state index < -0.39 is 11.0 Å². The second-order valence-corrected chi connectivity index (χ2v) is 4.31. The van der Waals surface area contributed by atoms with Gasteiger partial charge in [-0.1, -0.05) is 0 Å². The maximum atomic E-state index is 11.7. The number of hydrogen-bond donors (Lipinski definition) is 2. The molecular formula is C11H14N4O3. The van der Waals surface area contributed by atoms with Gasteiger partial charge in [0.15, 0.2) is 0 Å². The minimum absolute atomic E-state index is 0.0735. The number of pyridine rings is 1. The quantitative estimate of drug-likeness (QED) is 0.601. The van der Waals surface area contributed by atoms with Crippen LogP contribution >= 0.6 is 0 Å². The van der Waals surface area contributed by atoms with Crippen molar-refractivity contribution < 1.29 is 9.72 Å². The Morgan fingerprint density at radius 3 is 2.78 bits per heavy atom. The van der Waals surface area contributed by atoms with Crippen LogP contribution < -0.4 is 10.6 Å². The Kier molecular flexibility index (Phi) is 3.40. The summed E-state index contributed by atoms with van der Waals surface area (Å²) in [6.07, 6.45) is 3.23. The fourth-order valence-corrected chi connectivity index (χ4v) is 1.42. The number of hydrogen-bond acceptors (Lipinski definition) is 5. The Labute approximate surface area is 104 Å². The smallest absolute Gasteiger partial charge is 0.287 e. The molecule has 0 spiro atoms. The van der Waals surface area contributed by atoms with Gasteiger partial charge in [0.2, 0.25) is 5.91 Å². The Morgan fingerprint density at radius 1 is 1.56 bits per heavy atom. The number of aromatic nitrogens is 1. The summed E-state index contributed by atoms with van der Waals surface area (Å²) in [5.74, 6) is 0.358. The molecule has 18 heavy (non-hydrogen) atoms. The summed E-state index contributed by atoms with van der Waals surface area (Å²) in [5, 5.41) is 16.2. The molecule has 1 aromatic heterocycles. The van der Waals surface area contributed by atoms with Crippen LogP contribution in [0.2, 0.25) is 0 Å². The summed E-state index contributed by atoms with van der Waals surface area (Å²) in [5.41, 5.74) is -0.0735. The highest BCUT2D eigenvalue weighted by Crippen LogP contribution is 2.19. The zero-order valence-electron chi connectivity index (χ0n) is 9.92. The standard InChI is InChI=1S/C11H14N4O3/c1-7(11(16)14-8-2-3-8)13-10-5-4-9(6-12-10)15(17)18/h4-8H,2-3H2,1H3,(H,12,13)(H,14,16). The summed E-state index contributed by atoms with van der Waals surface area (Å²) in [4.78, 5) is 25.5. The van der Waals surface area contributed by atoms with Crippen molar-refractivity contribution in [2.24, 2.45) is 0 Å². The topological polar surface area (TPSA) is 97.2 Å². The van der Waals surface area contributed by atoms with E-state index in [1.807, 2.05) is 0 Å². The monoisotopic (exact) mass is 250 g/mol. The average Bonchev–Trinajstić information content (AvgIpc) is 3.13. The van der Waals surface area contributed by atoms with E-state index in [1.54, 1.807) is 6.92 Å². The molecule has 1 aromatic rings. The molecule has 2 rings (SSSR count). The first-order valence-electron chi connectivity index (χ1n) is 5.73. The van der Waals surface area contributed by atoms with Crippen LogP contribution in [-0.4, -0.2) is 27.9 Å². The lowest BCUT2D eigenvalue weighted by Crippen LogP contribution is -2.38. The number of anilines is 1. The molecule has 7 nitrogen and oxygen atoms in total. The first-order chi connectivity index (χ1) is 8.56. The Hall–Kier alpha value is -2.18.